The van der Waals surface area contributed by atoms with Gasteiger partial charge in [-0.2, -0.15) is 0 Å². The summed E-state index contributed by atoms with van der Waals surface area (Å²) in [4.78, 5) is 22.1. The molecule has 0 saturated carbocycles. The normalized spacial score (nSPS) is 12.6. The van der Waals surface area contributed by atoms with E-state index in [1.54, 1.807) is 0 Å². The number of aliphatic carboxylic acids is 1. The molecule has 0 aliphatic rings. The number of carbonyl (C=O) groups excluding carboxylic acids is 1. The summed E-state index contributed by atoms with van der Waals surface area (Å²) in [5.41, 5.74) is 0. The summed E-state index contributed by atoms with van der Waals surface area (Å²) in [6, 6.07) is 0. The van der Waals surface area contributed by atoms with Gasteiger partial charge in [0.25, 0.3) is 0 Å². The van der Waals surface area contributed by atoms with E-state index in [1.807, 2.05) is 20.8 Å². The predicted molar refractivity (Wildman–Crippen MR) is 53.9 cm³/mol. The number of nitrogens with one attached hydrogen (secondary N) is 1. The van der Waals surface area contributed by atoms with Gasteiger partial charge >= 0.3 is 5.97 Å². The third-order valence-electron chi connectivity index (χ3n) is 1.88. The van der Waals surface area contributed by atoms with Crippen LogP contribution in [-0.4, -0.2) is 23.5 Å². The highest BCUT2D eigenvalue weighted by Crippen LogP contribution is 2.06. The Labute approximate surface area is 84.7 Å². The summed E-state index contributed by atoms with van der Waals surface area (Å²) < 4.78 is 0. The minimum atomic E-state index is -1.03. The zero-order valence-corrected chi connectivity index (χ0v) is 9.04. The van der Waals surface area contributed by atoms with Gasteiger partial charge < -0.3 is 10.4 Å². The summed E-state index contributed by atoms with van der Waals surface area (Å²) in [5.74, 6) is -1.95. The van der Waals surface area contributed by atoms with Gasteiger partial charge in [-0.1, -0.05) is 27.2 Å². The van der Waals surface area contributed by atoms with Gasteiger partial charge in [0.2, 0.25) is 5.91 Å². The van der Waals surface area contributed by atoms with Gasteiger partial charge in [0.05, 0.1) is 0 Å². The van der Waals surface area contributed by atoms with Crippen LogP contribution < -0.4 is 5.32 Å². The largest absolute Gasteiger partial charge is 0.481 e. The number of rotatable bonds is 6. The Bertz CT molecular complexity index is 202. The molecule has 0 spiro atoms. The van der Waals surface area contributed by atoms with Crippen molar-refractivity contribution < 1.29 is 14.7 Å². The minimum Gasteiger partial charge on any atom is -0.481 e. The third-order valence-corrected chi connectivity index (χ3v) is 1.88. The van der Waals surface area contributed by atoms with E-state index in [-0.39, 0.29) is 5.91 Å². The lowest BCUT2D eigenvalue weighted by Crippen LogP contribution is -2.37. The molecule has 1 unspecified atom stereocenters. The Morgan fingerprint density at radius 1 is 1.36 bits per heavy atom. The molecule has 0 saturated heterocycles. The fourth-order valence-corrected chi connectivity index (χ4v) is 1.08. The molecule has 0 aromatic rings. The first-order valence-electron chi connectivity index (χ1n) is 4.99. The lowest BCUT2D eigenvalue weighted by Gasteiger charge is -2.12. The topological polar surface area (TPSA) is 66.4 Å². The van der Waals surface area contributed by atoms with Crippen LogP contribution in [0.3, 0.4) is 0 Å². The molecule has 0 rings (SSSR count). The lowest BCUT2D eigenvalue weighted by atomic mass is 10.0. The first kappa shape index (κ1) is 12.9. The third kappa shape index (κ3) is 4.84. The van der Waals surface area contributed by atoms with E-state index in [0.717, 1.165) is 0 Å². The number of hydrogen-bond donors (Lipinski definition) is 2. The number of hydrogen-bond acceptors (Lipinski definition) is 2. The highest BCUT2D eigenvalue weighted by atomic mass is 16.4. The van der Waals surface area contributed by atoms with E-state index in [1.165, 1.54) is 0 Å². The fourth-order valence-electron chi connectivity index (χ4n) is 1.08. The molecule has 14 heavy (non-hydrogen) atoms. The Balaban J connectivity index is 4.09. The van der Waals surface area contributed by atoms with Crippen LogP contribution >= 0.6 is 0 Å². The molecule has 4 heteroatoms. The lowest BCUT2D eigenvalue weighted by molar-refractivity contribution is -0.147. The average Bonchev–Trinajstić information content (AvgIpc) is 2.09. The van der Waals surface area contributed by atoms with Crippen molar-refractivity contribution in [1.82, 2.24) is 5.32 Å². The van der Waals surface area contributed by atoms with E-state index in [4.69, 9.17) is 5.11 Å². The summed E-state index contributed by atoms with van der Waals surface area (Å²) in [6.07, 6.45) is 1.10. The van der Waals surface area contributed by atoms with E-state index in [2.05, 4.69) is 5.32 Å². The van der Waals surface area contributed by atoms with Crippen LogP contribution in [0, 0.1) is 11.8 Å². The SMILES string of the molecule is CCCC(C(=O)O)C(=O)NCC(C)C. The molecule has 0 heterocycles. The molecule has 0 radical (unpaired) electrons. The highest BCUT2D eigenvalue weighted by molar-refractivity contribution is 5.96. The zero-order chi connectivity index (χ0) is 11.1. The average molecular weight is 201 g/mol. The minimum absolute atomic E-state index is 0.343. The zero-order valence-electron chi connectivity index (χ0n) is 9.04. The first-order valence-corrected chi connectivity index (χ1v) is 4.99. The molecule has 1 amide bonds. The van der Waals surface area contributed by atoms with Gasteiger partial charge in [-0.3, -0.25) is 9.59 Å². The number of amides is 1. The van der Waals surface area contributed by atoms with Gasteiger partial charge in [0, 0.05) is 6.54 Å². The maximum atomic E-state index is 11.4. The van der Waals surface area contributed by atoms with Crippen molar-refractivity contribution in [3.63, 3.8) is 0 Å². The smallest absolute Gasteiger partial charge is 0.316 e. The quantitative estimate of drug-likeness (QED) is 0.636. The standard InChI is InChI=1S/C10H19NO3/c1-4-5-8(10(13)14)9(12)11-6-7(2)3/h7-8H,4-6H2,1-3H3,(H,11,12)(H,13,14). The molecule has 0 fully saturated rings. The molecule has 1 atom stereocenters. The van der Waals surface area contributed by atoms with Crippen LogP contribution in [0.1, 0.15) is 33.6 Å². The molecule has 82 valence electrons. The fraction of sp³-hybridized carbons (Fsp3) is 0.800. The molecule has 0 aromatic heterocycles. The van der Waals surface area contributed by atoms with Crippen molar-refractivity contribution in [2.24, 2.45) is 11.8 Å². The summed E-state index contributed by atoms with van der Waals surface area (Å²) in [7, 11) is 0. The monoisotopic (exact) mass is 201 g/mol. The van der Waals surface area contributed by atoms with Crippen LogP contribution in [0.5, 0.6) is 0 Å². The van der Waals surface area contributed by atoms with Crippen molar-refractivity contribution >= 4 is 11.9 Å². The second-order valence-electron chi connectivity index (χ2n) is 3.82. The van der Waals surface area contributed by atoms with Crippen molar-refractivity contribution in [2.45, 2.75) is 33.6 Å². The van der Waals surface area contributed by atoms with E-state index in [0.29, 0.717) is 25.3 Å². The Hall–Kier alpha value is -1.06. The van der Waals surface area contributed by atoms with Gasteiger partial charge in [-0.05, 0) is 12.3 Å². The number of carboxylic acid groups (broad SMARTS) is 1. The maximum Gasteiger partial charge on any atom is 0.316 e. The van der Waals surface area contributed by atoms with Gasteiger partial charge in [-0.15, -0.1) is 0 Å². The van der Waals surface area contributed by atoms with Crippen LogP contribution in [0.25, 0.3) is 0 Å². The number of carbonyl (C=O) groups is 2. The predicted octanol–water partition coefficient (Wildman–Crippen LogP) is 1.26. The first-order chi connectivity index (χ1) is 6.49. The van der Waals surface area contributed by atoms with Gasteiger partial charge in [0.1, 0.15) is 5.92 Å². The summed E-state index contributed by atoms with van der Waals surface area (Å²) in [6.45, 7) is 6.34. The van der Waals surface area contributed by atoms with E-state index < -0.39 is 11.9 Å². The van der Waals surface area contributed by atoms with Crippen molar-refractivity contribution in [3.8, 4) is 0 Å². The molecular formula is C10H19NO3. The molecule has 4 nitrogen and oxygen atoms in total. The molecule has 0 aliphatic carbocycles. The van der Waals surface area contributed by atoms with Gasteiger partial charge in [0.15, 0.2) is 0 Å². The van der Waals surface area contributed by atoms with E-state index in [9.17, 15) is 9.59 Å². The van der Waals surface area contributed by atoms with Crippen LogP contribution in [0.15, 0.2) is 0 Å². The molecule has 0 aromatic carbocycles. The van der Waals surface area contributed by atoms with Crippen LogP contribution in [0.4, 0.5) is 0 Å². The van der Waals surface area contributed by atoms with Crippen molar-refractivity contribution in [1.29, 1.82) is 0 Å². The Kier molecular flexibility index (Phi) is 5.92. The maximum absolute atomic E-state index is 11.4. The van der Waals surface area contributed by atoms with Crippen molar-refractivity contribution in [2.75, 3.05) is 6.54 Å². The second-order valence-corrected chi connectivity index (χ2v) is 3.82. The number of carboxylic acids is 1. The molecule has 2 N–H and O–H groups in total. The van der Waals surface area contributed by atoms with Crippen LogP contribution in [0.2, 0.25) is 0 Å². The second kappa shape index (κ2) is 6.40. The van der Waals surface area contributed by atoms with Crippen LogP contribution in [-0.2, 0) is 9.59 Å². The summed E-state index contributed by atoms with van der Waals surface area (Å²) >= 11 is 0. The van der Waals surface area contributed by atoms with Crippen molar-refractivity contribution in [3.05, 3.63) is 0 Å². The molecule has 0 aliphatic heterocycles. The molecule has 0 bridgehead atoms. The Morgan fingerprint density at radius 3 is 2.29 bits per heavy atom. The highest BCUT2D eigenvalue weighted by Gasteiger charge is 2.24. The van der Waals surface area contributed by atoms with Gasteiger partial charge in [-0.25, -0.2) is 0 Å². The molecular weight excluding hydrogens is 182 g/mol. The summed E-state index contributed by atoms with van der Waals surface area (Å²) in [5, 5.41) is 11.4. The van der Waals surface area contributed by atoms with E-state index >= 15 is 0 Å². The Morgan fingerprint density at radius 2 is 1.93 bits per heavy atom.